The lowest BCUT2D eigenvalue weighted by Crippen LogP contribution is -2.41. The Morgan fingerprint density at radius 3 is 2.66 bits per heavy atom. The lowest BCUT2D eigenvalue weighted by molar-refractivity contribution is 0.0179. The Labute approximate surface area is 189 Å². The second-order valence-corrected chi connectivity index (χ2v) is 7.36. The topological polar surface area (TPSA) is 67.4 Å². The third-order valence-corrected chi connectivity index (χ3v) is 5.21. The standard InChI is InChI=1S/C24H33FN4O3/c1-4-26-24(28-20-9-10-22(32-5-2)23(16-20)30-3)27-17-21(29-11-13-31-14-12-29)18-7-6-8-19(25)15-18/h6-10,15-16,21H,4-5,11-14,17H2,1-3H3,(H2,26,27,28). The fraction of sp³-hybridized carbons (Fsp3) is 0.458. The van der Waals surface area contributed by atoms with Gasteiger partial charge in [0, 0.05) is 31.4 Å². The summed E-state index contributed by atoms with van der Waals surface area (Å²) in [4.78, 5) is 7.12. The first-order chi connectivity index (χ1) is 15.6. The lowest BCUT2D eigenvalue weighted by Gasteiger charge is -2.34. The van der Waals surface area contributed by atoms with E-state index in [4.69, 9.17) is 19.2 Å². The van der Waals surface area contributed by atoms with E-state index in [0.717, 1.165) is 24.3 Å². The molecule has 0 amide bonds. The molecule has 1 aliphatic rings. The molecule has 0 aromatic heterocycles. The van der Waals surface area contributed by atoms with Crippen LogP contribution in [-0.4, -0.2) is 64.0 Å². The molecule has 3 rings (SSSR count). The molecule has 1 saturated heterocycles. The predicted octanol–water partition coefficient (Wildman–Crippen LogP) is 3.68. The van der Waals surface area contributed by atoms with Gasteiger partial charge in [0.15, 0.2) is 17.5 Å². The summed E-state index contributed by atoms with van der Waals surface area (Å²) < 4.78 is 30.5. The van der Waals surface area contributed by atoms with Crippen LogP contribution in [0.3, 0.4) is 0 Å². The number of guanidine groups is 1. The molecule has 32 heavy (non-hydrogen) atoms. The van der Waals surface area contributed by atoms with Gasteiger partial charge in [-0.1, -0.05) is 12.1 Å². The van der Waals surface area contributed by atoms with Gasteiger partial charge in [0.25, 0.3) is 0 Å². The molecule has 1 fully saturated rings. The first-order valence-corrected chi connectivity index (χ1v) is 11.1. The summed E-state index contributed by atoms with van der Waals surface area (Å²) in [5, 5.41) is 6.61. The summed E-state index contributed by atoms with van der Waals surface area (Å²) in [6, 6.07) is 12.4. The fourth-order valence-corrected chi connectivity index (χ4v) is 3.68. The number of morpholine rings is 1. The summed E-state index contributed by atoms with van der Waals surface area (Å²) in [5.41, 5.74) is 1.74. The van der Waals surface area contributed by atoms with Gasteiger partial charge in [0.1, 0.15) is 5.82 Å². The van der Waals surface area contributed by atoms with Crippen molar-refractivity contribution in [1.82, 2.24) is 10.2 Å². The van der Waals surface area contributed by atoms with Gasteiger partial charge >= 0.3 is 0 Å². The average molecular weight is 445 g/mol. The molecule has 2 aromatic rings. The molecule has 1 unspecified atom stereocenters. The number of hydrogen-bond acceptors (Lipinski definition) is 5. The lowest BCUT2D eigenvalue weighted by atomic mass is 10.0. The van der Waals surface area contributed by atoms with Gasteiger partial charge in [-0.3, -0.25) is 9.89 Å². The number of rotatable bonds is 9. The van der Waals surface area contributed by atoms with E-state index in [-0.39, 0.29) is 11.9 Å². The minimum atomic E-state index is -0.240. The highest BCUT2D eigenvalue weighted by molar-refractivity contribution is 5.94. The quantitative estimate of drug-likeness (QED) is 0.454. The first-order valence-electron chi connectivity index (χ1n) is 11.1. The summed E-state index contributed by atoms with van der Waals surface area (Å²) in [7, 11) is 1.62. The first kappa shape index (κ1) is 23.8. The van der Waals surface area contributed by atoms with Crippen molar-refractivity contribution in [2.24, 2.45) is 4.99 Å². The van der Waals surface area contributed by atoms with Gasteiger partial charge in [0.2, 0.25) is 0 Å². The van der Waals surface area contributed by atoms with Gasteiger partial charge < -0.3 is 24.8 Å². The van der Waals surface area contributed by atoms with Crippen LogP contribution < -0.4 is 20.1 Å². The Kier molecular flexibility index (Phi) is 9.13. The Morgan fingerprint density at radius 2 is 1.97 bits per heavy atom. The van der Waals surface area contributed by atoms with Crippen molar-refractivity contribution < 1.29 is 18.6 Å². The van der Waals surface area contributed by atoms with Gasteiger partial charge in [-0.25, -0.2) is 4.39 Å². The van der Waals surface area contributed by atoms with Crippen LogP contribution in [0.15, 0.2) is 47.5 Å². The average Bonchev–Trinajstić information content (AvgIpc) is 2.81. The number of hydrogen-bond donors (Lipinski definition) is 2. The molecule has 8 heteroatoms. The summed E-state index contributed by atoms with van der Waals surface area (Å²) >= 11 is 0. The highest BCUT2D eigenvalue weighted by Gasteiger charge is 2.23. The molecule has 7 nitrogen and oxygen atoms in total. The van der Waals surface area contributed by atoms with Crippen molar-refractivity contribution in [3.8, 4) is 11.5 Å². The van der Waals surface area contributed by atoms with Crippen molar-refractivity contribution in [1.29, 1.82) is 0 Å². The van der Waals surface area contributed by atoms with Gasteiger partial charge in [-0.15, -0.1) is 0 Å². The van der Waals surface area contributed by atoms with Gasteiger partial charge in [-0.2, -0.15) is 0 Å². The molecule has 0 spiro atoms. The number of benzene rings is 2. The van der Waals surface area contributed by atoms with Crippen LogP contribution in [0.2, 0.25) is 0 Å². The zero-order chi connectivity index (χ0) is 22.8. The normalized spacial score (nSPS) is 15.8. The van der Waals surface area contributed by atoms with Crippen LogP contribution in [-0.2, 0) is 4.74 Å². The molecule has 0 saturated carbocycles. The van der Waals surface area contributed by atoms with Crippen LogP contribution in [0.1, 0.15) is 25.5 Å². The second kappa shape index (κ2) is 12.3. The van der Waals surface area contributed by atoms with E-state index in [0.29, 0.717) is 50.4 Å². The molecule has 1 heterocycles. The van der Waals surface area contributed by atoms with Crippen LogP contribution in [0.5, 0.6) is 11.5 Å². The van der Waals surface area contributed by atoms with E-state index in [1.165, 1.54) is 6.07 Å². The molecule has 2 aromatic carbocycles. The molecule has 1 aliphatic heterocycles. The Balaban J connectivity index is 1.80. The summed E-state index contributed by atoms with van der Waals surface area (Å²) in [6.45, 7) is 8.62. The summed E-state index contributed by atoms with van der Waals surface area (Å²) in [6.07, 6.45) is 0. The van der Waals surface area contributed by atoms with Crippen molar-refractivity contribution >= 4 is 11.6 Å². The van der Waals surface area contributed by atoms with Crippen LogP contribution in [0.25, 0.3) is 0 Å². The third kappa shape index (κ3) is 6.58. The molecular formula is C24H33FN4O3. The maximum absolute atomic E-state index is 13.9. The van der Waals surface area contributed by atoms with E-state index in [1.807, 2.05) is 38.1 Å². The molecule has 0 aliphatic carbocycles. The van der Waals surface area contributed by atoms with Crippen LogP contribution in [0, 0.1) is 5.82 Å². The van der Waals surface area contributed by atoms with Crippen LogP contribution in [0.4, 0.5) is 10.1 Å². The Hall–Kier alpha value is -2.84. The Bertz CT molecular complexity index is 887. The molecule has 0 radical (unpaired) electrons. The van der Waals surface area contributed by atoms with Crippen molar-refractivity contribution in [3.63, 3.8) is 0 Å². The number of methoxy groups -OCH3 is 1. The zero-order valence-electron chi connectivity index (χ0n) is 19.1. The smallest absolute Gasteiger partial charge is 0.195 e. The minimum absolute atomic E-state index is 0.0417. The molecule has 174 valence electrons. The largest absolute Gasteiger partial charge is 0.493 e. The number of ether oxygens (including phenoxy) is 3. The number of aliphatic imine (C=N–C) groups is 1. The second-order valence-electron chi connectivity index (χ2n) is 7.36. The Morgan fingerprint density at radius 1 is 1.16 bits per heavy atom. The summed E-state index contributed by atoms with van der Waals surface area (Å²) in [5.74, 6) is 1.75. The van der Waals surface area contributed by atoms with E-state index >= 15 is 0 Å². The number of nitrogens with one attached hydrogen (secondary N) is 2. The monoisotopic (exact) mass is 444 g/mol. The van der Waals surface area contributed by atoms with E-state index in [1.54, 1.807) is 19.2 Å². The maximum atomic E-state index is 13.9. The van der Waals surface area contributed by atoms with Crippen LogP contribution >= 0.6 is 0 Å². The van der Waals surface area contributed by atoms with Crippen molar-refractivity contribution in [2.45, 2.75) is 19.9 Å². The van der Waals surface area contributed by atoms with E-state index < -0.39 is 0 Å². The number of anilines is 1. The zero-order valence-corrected chi connectivity index (χ0v) is 19.1. The minimum Gasteiger partial charge on any atom is -0.493 e. The molecule has 0 bridgehead atoms. The molecule has 2 N–H and O–H groups in total. The van der Waals surface area contributed by atoms with Crippen molar-refractivity contribution in [2.75, 3.05) is 58.4 Å². The fourth-order valence-electron chi connectivity index (χ4n) is 3.68. The van der Waals surface area contributed by atoms with E-state index in [2.05, 4.69) is 15.5 Å². The third-order valence-electron chi connectivity index (χ3n) is 5.21. The SMILES string of the molecule is CCNC(=NCC(c1cccc(F)c1)N1CCOCC1)Nc1ccc(OCC)c(OC)c1. The van der Waals surface area contributed by atoms with Crippen molar-refractivity contribution in [3.05, 3.63) is 53.8 Å². The number of nitrogens with zero attached hydrogens (tertiary/aromatic N) is 2. The number of halogens is 1. The van der Waals surface area contributed by atoms with Gasteiger partial charge in [-0.05, 0) is 43.7 Å². The highest BCUT2D eigenvalue weighted by Crippen LogP contribution is 2.30. The maximum Gasteiger partial charge on any atom is 0.195 e. The molecule has 1 atom stereocenters. The highest BCUT2D eigenvalue weighted by atomic mass is 19.1. The van der Waals surface area contributed by atoms with Gasteiger partial charge in [0.05, 0.1) is 39.5 Å². The van der Waals surface area contributed by atoms with E-state index in [9.17, 15) is 4.39 Å². The predicted molar refractivity (Wildman–Crippen MR) is 125 cm³/mol. The molecular weight excluding hydrogens is 411 g/mol.